The third kappa shape index (κ3) is 2.30. The first-order valence-corrected chi connectivity index (χ1v) is 7.05. The number of hydrogen-bond acceptors (Lipinski definition) is 3. The van der Waals surface area contributed by atoms with Gasteiger partial charge in [-0.1, -0.05) is 6.92 Å². The second-order valence-electron chi connectivity index (χ2n) is 5.07. The molecule has 1 heterocycles. The Labute approximate surface area is 102 Å². The molecule has 1 aliphatic carbocycles. The molecule has 1 unspecified atom stereocenters. The highest BCUT2D eigenvalue weighted by Crippen LogP contribution is 2.51. The normalized spacial score (nSPS) is 19.8. The summed E-state index contributed by atoms with van der Waals surface area (Å²) in [6, 6.07) is 0.627. The molecule has 1 fully saturated rings. The lowest BCUT2D eigenvalue weighted by molar-refractivity contribution is 0.355. The first-order chi connectivity index (χ1) is 7.57. The van der Waals surface area contributed by atoms with Gasteiger partial charge in [-0.05, 0) is 45.6 Å². The van der Waals surface area contributed by atoms with Crippen LogP contribution in [0, 0.1) is 19.3 Å². The number of aromatic nitrogens is 1. The lowest BCUT2D eigenvalue weighted by atomic mass is 9.94. The predicted octanol–water partition coefficient (Wildman–Crippen LogP) is 3.08. The Kier molecular flexibility index (Phi) is 3.36. The number of aryl methyl sites for hydroxylation is 2. The van der Waals surface area contributed by atoms with E-state index in [0.29, 0.717) is 11.5 Å². The number of nitrogens with zero attached hydrogens (tertiary/aromatic N) is 1. The molecule has 1 saturated carbocycles. The molecule has 0 radical (unpaired) electrons. The van der Waals surface area contributed by atoms with E-state index in [2.05, 4.69) is 38.0 Å². The standard InChI is InChI=1S/C13H22N2S/c1-5-14-11(4)13(6-7-13)8-12-15-9(2)10(3)16-12/h11,14H,5-8H2,1-4H3. The maximum atomic E-state index is 4.67. The Morgan fingerprint density at radius 1 is 1.44 bits per heavy atom. The Hall–Kier alpha value is -0.410. The summed E-state index contributed by atoms with van der Waals surface area (Å²) < 4.78 is 0. The van der Waals surface area contributed by atoms with Crippen molar-refractivity contribution < 1.29 is 0 Å². The van der Waals surface area contributed by atoms with Crippen molar-refractivity contribution in [1.82, 2.24) is 10.3 Å². The third-order valence-corrected chi connectivity index (χ3v) is 4.97. The van der Waals surface area contributed by atoms with E-state index < -0.39 is 0 Å². The molecule has 1 aliphatic rings. The molecule has 2 rings (SSSR count). The quantitative estimate of drug-likeness (QED) is 0.852. The van der Waals surface area contributed by atoms with Gasteiger partial charge in [0, 0.05) is 17.3 Å². The van der Waals surface area contributed by atoms with Gasteiger partial charge in [0.25, 0.3) is 0 Å². The van der Waals surface area contributed by atoms with Crippen molar-refractivity contribution in [3.63, 3.8) is 0 Å². The van der Waals surface area contributed by atoms with Crippen molar-refractivity contribution in [2.45, 2.75) is 53.0 Å². The average Bonchev–Trinajstić information content (AvgIpc) is 2.92. The van der Waals surface area contributed by atoms with E-state index >= 15 is 0 Å². The van der Waals surface area contributed by atoms with Crippen LogP contribution in [0.2, 0.25) is 0 Å². The zero-order chi connectivity index (χ0) is 11.8. The number of hydrogen-bond donors (Lipinski definition) is 1. The fourth-order valence-electron chi connectivity index (χ4n) is 2.36. The van der Waals surface area contributed by atoms with Crippen LogP contribution in [0.25, 0.3) is 0 Å². The molecule has 0 bridgehead atoms. The average molecular weight is 238 g/mol. The van der Waals surface area contributed by atoms with E-state index in [9.17, 15) is 0 Å². The van der Waals surface area contributed by atoms with Crippen LogP contribution >= 0.6 is 11.3 Å². The van der Waals surface area contributed by atoms with Crippen LogP contribution in [0.3, 0.4) is 0 Å². The summed E-state index contributed by atoms with van der Waals surface area (Å²) in [6.45, 7) is 9.86. The summed E-state index contributed by atoms with van der Waals surface area (Å²) in [6.07, 6.45) is 3.89. The highest BCUT2D eigenvalue weighted by molar-refractivity contribution is 7.11. The van der Waals surface area contributed by atoms with Gasteiger partial charge >= 0.3 is 0 Å². The second kappa shape index (κ2) is 4.46. The monoisotopic (exact) mass is 238 g/mol. The minimum atomic E-state index is 0.507. The van der Waals surface area contributed by atoms with Crippen LogP contribution in [0.5, 0.6) is 0 Å². The van der Waals surface area contributed by atoms with E-state index in [1.807, 2.05) is 11.3 Å². The molecule has 1 N–H and O–H groups in total. The summed E-state index contributed by atoms with van der Waals surface area (Å²) >= 11 is 1.88. The van der Waals surface area contributed by atoms with E-state index in [-0.39, 0.29) is 0 Å². The summed E-state index contributed by atoms with van der Waals surface area (Å²) in [5.74, 6) is 0. The van der Waals surface area contributed by atoms with Gasteiger partial charge in [0.15, 0.2) is 0 Å². The number of thiazole rings is 1. The molecule has 0 saturated heterocycles. The molecular formula is C13H22N2S. The van der Waals surface area contributed by atoms with Gasteiger partial charge in [0.1, 0.15) is 0 Å². The van der Waals surface area contributed by atoms with Crippen LogP contribution in [0.1, 0.15) is 42.3 Å². The predicted molar refractivity (Wildman–Crippen MR) is 70.1 cm³/mol. The summed E-state index contributed by atoms with van der Waals surface area (Å²) in [4.78, 5) is 6.05. The van der Waals surface area contributed by atoms with Crippen molar-refractivity contribution in [2.24, 2.45) is 5.41 Å². The van der Waals surface area contributed by atoms with Gasteiger partial charge in [0.2, 0.25) is 0 Å². The molecular weight excluding hydrogens is 216 g/mol. The molecule has 2 nitrogen and oxygen atoms in total. The maximum Gasteiger partial charge on any atom is 0.0937 e. The highest BCUT2D eigenvalue weighted by Gasteiger charge is 2.47. The number of nitrogens with one attached hydrogen (secondary N) is 1. The molecule has 1 aromatic rings. The van der Waals surface area contributed by atoms with Crippen LogP contribution < -0.4 is 5.32 Å². The van der Waals surface area contributed by atoms with Crippen molar-refractivity contribution in [3.8, 4) is 0 Å². The molecule has 0 aromatic carbocycles. The molecule has 0 amide bonds. The van der Waals surface area contributed by atoms with Gasteiger partial charge in [0.05, 0.1) is 10.7 Å². The Balaban J connectivity index is 2.04. The van der Waals surface area contributed by atoms with Crippen molar-refractivity contribution in [2.75, 3.05) is 6.54 Å². The fraction of sp³-hybridized carbons (Fsp3) is 0.769. The fourth-order valence-corrected chi connectivity index (χ4v) is 3.45. The van der Waals surface area contributed by atoms with Crippen molar-refractivity contribution in [1.29, 1.82) is 0 Å². The minimum absolute atomic E-state index is 0.507. The smallest absolute Gasteiger partial charge is 0.0937 e. The van der Waals surface area contributed by atoms with Gasteiger partial charge in [-0.25, -0.2) is 4.98 Å². The van der Waals surface area contributed by atoms with E-state index in [4.69, 9.17) is 0 Å². The third-order valence-electron chi connectivity index (χ3n) is 3.90. The molecule has 16 heavy (non-hydrogen) atoms. The van der Waals surface area contributed by atoms with Crippen molar-refractivity contribution in [3.05, 3.63) is 15.6 Å². The molecule has 1 aromatic heterocycles. The van der Waals surface area contributed by atoms with E-state index in [1.165, 1.54) is 34.8 Å². The maximum absolute atomic E-state index is 4.67. The first kappa shape index (κ1) is 12.1. The molecule has 0 aliphatic heterocycles. The largest absolute Gasteiger partial charge is 0.314 e. The second-order valence-corrected chi connectivity index (χ2v) is 6.36. The lowest BCUT2D eigenvalue weighted by Gasteiger charge is -2.23. The topological polar surface area (TPSA) is 24.9 Å². The van der Waals surface area contributed by atoms with Crippen LogP contribution in [0.15, 0.2) is 0 Å². The SMILES string of the molecule is CCNC(C)C1(Cc2nc(C)c(C)s2)CC1. The van der Waals surface area contributed by atoms with Gasteiger partial charge in [-0.15, -0.1) is 11.3 Å². The number of rotatable bonds is 5. The molecule has 1 atom stereocenters. The Morgan fingerprint density at radius 3 is 2.56 bits per heavy atom. The zero-order valence-electron chi connectivity index (χ0n) is 10.8. The van der Waals surface area contributed by atoms with Crippen LogP contribution in [-0.4, -0.2) is 17.6 Å². The Bertz CT molecular complexity index is 347. The minimum Gasteiger partial charge on any atom is -0.314 e. The van der Waals surface area contributed by atoms with Crippen LogP contribution in [-0.2, 0) is 6.42 Å². The van der Waals surface area contributed by atoms with Gasteiger partial charge in [-0.2, -0.15) is 0 Å². The first-order valence-electron chi connectivity index (χ1n) is 6.24. The van der Waals surface area contributed by atoms with Gasteiger partial charge < -0.3 is 5.32 Å². The molecule has 90 valence electrons. The summed E-state index contributed by atoms with van der Waals surface area (Å²) in [5.41, 5.74) is 1.72. The zero-order valence-corrected chi connectivity index (χ0v) is 11.6. The Morgan fingerprint density at radius 2 is 2.12 bits per heavy atom. The van der Waals surface area contributed by atoms with Crippen LogP contribution in [0.4, 0.5) is 0 Å². The highest BCUT2D eigenvalue weighted by atomic mass is 32.1. The lowest BCUT2D eigenvalue weighted by Crippen LogP contribution is -2.35. The van der Waals surface area contributed by atoms with E-state index in [1.54, 1.807) is 0 Å². The van der Waals surface area contributed by atoms with E-state index in [0.717, 1.165) is 6.54 Å². The molecule has 0 spiro atoms. The summed E-state index contributed by atoms with van der Waals surface area (Å²) in [5, 5.41) is 4.90. The molecule has 3 heteroatoms. The summed E-state index contributed by atoms with van der Waals surface area (Å²) in [7, 11) is 0. The van der Waals surface area contributed by atoms with Gasteiger partial charge in [-0.3, -0.25) is 0 Å². The van der Waals surface area contributed by atoms with Crippen molar-refractivity contribution >= 4 is 11.3 Å².